The van der Waals surface area contributed by atoms with Crippen LogP contribution >= 0.6 is 0 Å². The molecule has 0 aliphatic heterocycles. The molecule has 27 heavy (non-hydrogen) atoms. The van der Waals surface area contributed by atoms with E-state index in [9.17, 15) is 5.11 Å². The van der Waals surface area contributed by atoms with Gasteiger partial charge in [-0.15, -0.1) is 0 Å². The average molecular weight is 406 g/mol. The Morgan fingerprint density at radius 1 is 1.04 bits per heavy atom. The fraction of sp³-hybridized carbons (Fsp3) is 0.227. The van der Waals surface area contributed by atoms with E-state index >= 15 is 0 Å². The van der Waals surface area contributed by atoms with Gasteiger partial charge in [-0.3, -0.25) is 9.90 Å². The molecule has 0 unspecified atom stereocenters. The molecular formula is C22H26FeN2O2. The number of nitrogens with zero attached hydrogens (tertiary/aromatic N) is 2. The van der Waals surface area contributed by atoms with Gasteiger partial charge in [0, 0.05) is 13.6 Å². The molecule has 4 nitrogen and oxygen atoms in total. The molecule has 0 spiro atoms. The molecule has 0 radical (unpaired) electrons. The van der Waals surface area contributed by atoms with E-state index < -0.39 is 0 Å². The Kier molecular flexibility index (Phi) is 9.76. The Morgan fingerprint density at radius 2 is 1.67 bits per heavy atom. The number of benzene rings is 1. The molecule has 0 saturated heterocycles. The molecule has 5 heteroatoms. The maximum absolute atomic E-state index is 11.9. The Balaban J connectivity index is 0.000000526. The van der Waals surface area contributed by atoms with Crippen molar-refractivity contribution in [2.75, 3.05) is 34.8 Å². The second-order valence-electron chi connectivity index (χ2n) is 6.27. The largest absolute Gasteiger partial charge is 2.00 e. The summed E-state index contributed by atoms with van der Waals surface area (Å²) in [5, 5.41) is 14.9. The summed E-state index contributed by atoms with van der Waals surface area (Å²) in [6, 6.07) is 17.6. The van der Waals surface area contributed by atoms with Gasteiger partial charge in [-0.25, -0.2) is 12.1 Å². The summed E-state index contributed by atoms with van der Waals surface area (Å²) in [6.45, 7) is 0.926. The molecule has 0 atom stereocenters. The van der Waals surface area contributed by atoms with Crippen molar-refractivity contribution in [1.29, 1.82) is 0 Å². The molecule has 1 aliphatic carbocycles. The van der Waals surface area contributed by atoms with Gasteiger partial charge in [0.15, 0.2) is 0 Å². The first kappa shape index (κ1) is 22.9. The number of hydroxylamine groups is 2. The maximum Gasteiger partial charge on any atom is 2.00 e. The van der Waals surface area contributed by atoms with E-state index in [1.165, 1.54) is 23.3 Å². The topological polar surface area (TPSA) is 38.8 Å². The SMILES string of the molecule is CON(C)C([O-])=c1ccc(=C2C=CC(CN(C)C)=C2)cc1.[Fe+2].c1cc[cH-]c1. The monoisotopic (exact) mass is 406 g/mol. The van der Waals surface area contributed by atoms with Crippen LogP contribution in [0.4, 0.5) is 0 Å². The number of rotatable bonds is 4. The molecule has 3 rings (SSSR count). The van der Waals surface area contributed by atoms with Crippen molar-refractivity contribution in [2.45, 2.75) is 0 Å². The van der Waals surface area contributed by atoms with Crippen LogP contribution in [0.5, 0.6) is 0 Å². The Hall–Kier alpha value is -2.17. The minimum absolute atomic E-state index is 0. The first-order valence-corrected chi connectivity index (χ1v) is 8.51. The Labute approximate surface area is 172 Å². The molecule has 0 heterocycles. The molecule has 0 N–H and O–H groups in total. The molecule has 0 amide bonds. The maximum atomic E-state index is 11.9. The van der Waals surface area contributed by atoms with E-state index in [0.717, 1.165) is 11.8 Å². The zero-order valence-electron chi connectivity index (χ0n) is 16.2. The third-order valence-electron chi connectivity index (χ3n) is 3.90. The van der Waals surface area contributed by atoms with Crippen LogP contribution in [0, 0.1) is 0 Å². The van der Waals surface area contributed by atoms with E-state index in [2.05, 4.69) is 37.2 Å². The molecule has 2 aromatic rings. The van der Waals surface area contributed by atoms with E-state index in [4.69, 9.17) is 4.84 Å². The van der Waals surface area contributed by atoms with E-state index in [1.54, 1.807) is 7.05 Å². The first-order chi connectivity index (χ1) is 12.5. The van der Waals surface area contributed by atoms with Crippen molar-refractivity contribution in [3.63, 3.8) is 0 Å². The number of likely N-dealkylation sites (N-methyl/N-ethyl adjacent to an activating group) is 1. The van der Waals surface area contributed by atoms with Gasteiger partial charge in [-0.2, -0.15) is 18.2 Å². The predicted octanol–water partition coefficient (Wildman–Crippen LogP) is 1.22. The van der Waals surface area contributed by atoms with Gasteiger partial charge in [0.2, 0.25) is 0 Å². The van der Waals surface area contributed by atoms with Crippen molar-refractivity contribution in [2.24, 2.45) is 0 Å². The van der Waals surface area contributed by atoms with Crippen molar-refractivity contribution in [3.05, 3.63) is 88.8 Å². The summed E-state index contributed by atoms with van der Waals surface area (Å²) >= 11 is 0. The van der Waals surface area contributed by atoms with Gasteiger partial charge in [-0.1, -0.05) is 36.4 Å². The van der Waals surface area contributed by atoms with E-state index in [1.807, 2.05) is 54.6 Å². The molecule has 0 aromatic heterocycles. The van der Waals surface area contributed by atoms with Crippen molar-refractivity contribution >= 4 is 11.5 Å². The Bertz CT molecular complexity index is 827. The summed E-state index contributed by atoms with van der Waals surface area (Å²) < 4.78 is 0. The smallest absolute Gasteiger partial charge is 0.858 e. The molecule has 144 valence electrons. The molecule has 0 fully saturated rings. The van der Waals surface area contributed by atoms with Crippen LogP contribution < -0.4 is 15.5 Å². The molecule has 2 aromatic carbocycles. The van der Waals surface area contributed by atoms with Crippen LogP contribution in [0.2, 0.25) is 0 Å². The summed E-state index contributed by atoms with van der Waals surface area (Å²) in [4.78, 5) is 7.04. The quantitative estimate of drug-likeness (QED) is 0.435. The van der Waals surface area contributed by atoms with Crippen LogP contribution in [-0.4, -0.2) is 44.8 Å². The number of hydrogen-bond acceptors (Lipinski definition) is 4. The third kappa shape index (κ3) is 7.16. The average Bonchev–Trinajstić information content (AvgIpc) is 3.35. The van der Waals surface area contributed by atoms with Gasteiger partial charge in [0.25, 0.3) is 0 Å². The minimum Gasteiger partial charge on any atom is -0.858 e. The summed E-state index contributed by atoms with van der Waals surface area (Å²) in [7, 11) is 7.18. The van der Waals surface area contributed by atoms with Crippen LogP contribution in [0.1, 0.15) is 0 Å². The van der Waals surface area contributed by atoms with Gasteiger partial charge in [0.05, 0.1) is 7.11 Å². The minimum atomic E-state index is -0.153. The van der Waals surface area contributed by atoms with Crippen LogP contribution in [0.25, 0.3) is 11.5 Å². The molecule has 0 bridgehead atoms. The van der Waals surface area contributed by atoms with Crippen LogP contribution in [0.15, 0.2) is 78.4 Å². The van der Waals surface area contributed by atoms with Crippen LogP contribution in [0.3, 0.4) is 0 Å². The zero-order valence-corrected chi connectivity index (χ0v) is 17.3. The van der Waals surface area contributed by atoms with Gasteiger partial charge in [0.1, 0.15) is 0 Å². The second-order valence-corrected chi connectivity index (χ2v) is 6.27. The third-order valence-corrected chi connectivity index (χ3v) is 3.90. The zero-order chi connectivity index (χ0) is 18.9. The summed E-state index contributed by atoms with van der Waals surface area (Å²) in [5.74, 6) is -0.153. The summed E-state index contributed by atoms with van der Waals surface area (Å²) in [6.07, 6.45) is 6.42. The van der Waals surface area contributed by atoms with Gasteiger partial charge in [-0.05, 0) is 47.6 Å². The summed E-state index contributed by atoms with van der Waals surface area (Å²) in [5.41, 5.74) is 2.46. The standard InChI is InChI=1S/C17H22N2O2.C5H5.Fe/c1-18(2)12-13-5-6-16(11-13)14-7-9-15(10-8-14)17(20)19(3)21-4;1-2-4-5-3-1;/h5-11,20H,12H2,1-4H3;1-5H;/q;-1;+2/p-1. The molecular weight excluding hydrogens is 380 g/mol. The second kappa shape index (κ2) is 11.5. The van der Waals surface area contributed by atoms with Crippen LogP contribution in [-0.2, 0) is 21.9 Å². The van der Waals surface area contributed by atoms with Crippen molar-refractivity contribution in [1.82, 2.24) is 9.96 Å². The van der Waals surface area contributed by atoms with Crippen molar-refractivity contribution in [3.8, 4) is 0 Å². The van der Waals surface area contributed by atoms with Gasteiger partial charge >= 0.3 is 17.1 Å². The normalized spacial score (nSPS) is 12.2. The number of allylic oxidation sites excluding steroid dienone is 2. The van der Waals surface area contributed by atoms with Crippen molar-refractivity contribution < 1.29 is 27.0 Å². The molecule has 0 saturated carbocycles. The molecule has 1 aliphatic rings. The predicted molar refractivity (Wildman–Crippen MR) is 105 cm³/mol. The Morgan fingerprint density at radius 3 is 2.15 bits per heavy atom. The first-order valence-electron chi connectivity index (χ1n) is 8.51. The fourth-order valence-corrected chi connectivity index (χ4v) is 2.53. The van der Waals surface area contributed by atoms with E-state index in [0.29, 0.717) is 5.22 Å². The van der Waals surface area contributed by atoms with Gasteiger partial charge < -0.3 is 10.0 Å². The van der Waals surface area contributed by atoms with E-state index in [-0.39, 0.29) is 23.0 Å². The fourth-order valence-electron chi connectivity index (χ4n) is 2.53. The number of hydrogen-bond donors (Lipinski definition) is 0.